The number of nitrogens with zero attached hydrogens (tertiary/aromatic N) is 2. The third kappa shape index (κ3) is 3.57. The van der Waals surface area contributed by atoms with Crippen molar-refractivity contribution in [2.75, 3.05) is 25.1 Å². The van der Waals surface area contributed by atoms with Gasteiger partial charge in [0.05, 0.1) is 5.69 Å². The van der Waals surface area contributed by atoms with Gasteiger partial charge in [0.15, 0.2) is 0 Å². The second-order valence-corrected chi connectivity index (χ2v) is 7.94. The van der Waals surface area contributed by atoms with Crippen LogP contribution in [0.1, 0.15) is 30.0 Å². The zero-order valence-electron chi connectivity index (χ0n) is 15.2. The molecular formula is C22H25N3S. The Morgan fingerprint density at radius 2 is 1.96 bits per heavy atom. The quantitative estimate of drug-likeness (QED) is 0.528. The highest BCUT2D eigenvalue weighted by Gasteiger charge is 2.24. The zero-order valence-corrected chi connectivity index (χ0v) is 16.0. The van der Waals surface area contributed by atoms with Crippen LogP contribution < -0.4 is 5.73 Å². The van der Waals surface area contributed by atoms with Crippen LogP contribution in [0.25, 0.3) is 10.8 Å². The van der Waals surface area contributed by atoms with Crippen molar-refractivity contribution in [1.82, 2.24) is 9.88 Å². The van der Waals surface area contributed by atoms with E-state index in [0.29, 0.717) is 5.92 Å². The monoisotopic (exact) mass is 363 g/mol. The number of fused-ring (bicyclic) bond motifs is 1. The highest BCUT2D eigenvalue weighted by Crippen LogP contribution is 2.32. The summed E-state index contributed by atoms with van der Waals surface area (Å²) < 4.78 is 0. The molecule has 0 aliphatic carbocycles. The minimum Gasteiger partial charge on any atom is -0.398 e. The van der Waals surface area contributed by atoms with Gasteiger partial charge in [-0.25, -0.2) is 0 Å². The molecule has 1 aromatic heterocycles. The van der Waals surface area contributed by atoms with Crippen LogP contribution in [0.5, 0.6) is 0 Å². The number of thioether (sulfide) groups is 1. The van der Waals surface area contributed by atoms with E-state index in [0.717, 1.165) is 30.7 Å². The predicted octanol–water partition coefficient (Wildman–Crippen LogP) is 4.92. The van der Waals surface area contributed by atoms with Crippen LogP contribution in [0.4, 0.5) is 5.69 Å². The van der Waals surface area contributed by atoms with E-state index in [1.165, 1.54) is 34.4 Å². The molecule has 4 heteroatoms. The van der Waals surface area contributed by atoms with Crippen molar-refractivity contribution in [3.8, 4) is 0 Å². The summed E-state index contributed by atoms with van der Waals surface area (Å²) in [7, 11) is 0. The van der Waals surface area contributed by atoms with Crippen LogP contribution in [-0.4, -0.2) is 29.2 Å². The summed E-state index contributed by atoms with van der Waals surface area (Å²) in [6, 6.07) is 17.1. The van der Waals surface area contributed by atoms with Crippen LogP contribution in [-0.2, 0) is 6.54 Å². The number of hydrogen-bond donors (Lipinski definition) is 1. The first kappa shape index (κ1) is 17.4. The van der Waals surface area contributed by atoms with Crippen LogP contribution in [0.2, 0.25) is 0 Å². The molecule has 0 radical (unpaired) electrons. The van der Waals surface area contributed by atoms with Crippen molar-refractivity contribution in [2.24, 2.45) is 0 Å². The highest BCUT2D eigenvalue weighted by molar-refractivity contribution is 7.98. The number of hydrogen-bond acceptors (Lipinski definition) is 4. The van der Waals surface area contributed by atoms with Gasteiger partial charge in [-0.15, -0.1) is 11.8 Å². The Morgan fingerprint density at radius 1 is 1.12 bits per heavy atom. The number of piperidine rings is 1. The fourth-order valence-electron chi connectivity index (χ4n) is 3.99. The Kier molecular flexibility index (Phi) is 5.14. The van der Waals surface area contributed by atoms with Crippen molar-refractivity contribution in [1.29, 1.82) is 0 Å². The van der Waals surface area contributed by atoms with E-state index in [9.17, 15) is 0 Å². The third-order valence-corrected chi connectivity index (χ3v) is 6.07. The minimum absolute atomic E-state index is 0.472. The zero-order chi connectivity index (χ0) is 17.9. The van der Waals surface area contributed by atoms with Crippen LogP contribution in [0, 0.1) is 0 Å². The van der Waals surface area contributed by atoms with Crippen molar-refractivity contribution < 1.29 is 0 Å². The van der Waals surface area contributed by atoms with E-state index in [2.05, 4.69) is 41.5 Å². The number of rotatable bonds is 4. The summed E-state index contributed by atoms with van der Waals surface area (Å²) >= 11 is 1.79. The number of pyridine rings is 1. The normalized spacial score (nSPS) is 18.3. The SMILES string of the molecule is CSc1ccc(CN2CCC[C@@H](c3nccc4c(N)cccc34)C2)cc1. The second kappa shape index (κ2) is 7.68. The molecule has 1 aliphatic rings. The van der Waals surface area contributed by atoms with Gasteiger partial charge in [0.2, 0.25) is 0 Å². The highest BCUT2D eigenvalue weighted by atomic mass is 32.2. The smallest absolute Gasteiger partial charge is 0.0526 e. The second-order valence-electron chi connectivity index (χ2n) is 7.06. The summed E-state index contributed by atoms with van der Waals surface area (Å²) in [5.41, 5.74) is 9.60. The van der Waals surface area contributed by atoms with Crippen LogP contribution in [0.15, 0.2) is 59.6 Å². The summed E-state index contributed by atoms with van der Waals surface area (Å²) in [5, 5.41) is 2.34. The van der Waals surface area contributed by atoms with Gasteiger partial charge in [0.1, 0.15) is 0 Å². The maximum atomic E-state index is 6.17. The van der Waals surface area contributed by atoms with Gasteiger partial charge in [-0.05, 0) is 55.5 Å². The molecule has 0 spiro atoms. The number of likely N-dealkylation sites (tertiary alicyclic amines) is 1. The molecule has 2 N–H and O–H groups in total. The maximum absolute atomic E-state index is 6.17. The van der Waals surface area contributed by atoms with Crippen molar-refractivity contribution in [2.45, 2.75) is 30.2 Å². The predicted molar refractivity (Wildman–Crippen MR) is 112 cm³/mol. The number of aromatic nitrogens is 1. The van der Waals surface area contributed by atoms with E-state index in [1.807, 2.05) is 24.4 Å². The number of anilines is 1. The minimum atomic E-state index is 0.472. The Hall–Kier alpha value is -2.04. The Bertz CT molecular complexity index is 892. The lowest BCUT2D eigenvalue weighted by molar-refractivity contribution is 0.199. The molecule has 2 heterocycles. The first-order valence-corrected chi connectivity index (χ1v) is 10.5. The lowest BCUT2D eigenvalue weighted by atomic mass is 9.91. The molecule has 3 aromatic rings. The molecule has 4 rings (SSSR count). The lowest BCUT2D eigenvalue weighted by Crippen LogP contribution is -2.34. The Balaban J connectivity index is 1.54. The third-order valence-electron chi connectivity index (χ3n) is 5.33. The molecule has 0 bridgehead atoms. The standard InChI is InChI=1S/C22H25N3S/c1-26-18-9-7-16(8-10-18)14-25-13-3-4-17(15-25)22-20-5-2-6-21(23)19(20)11-12-24-22/h2,5-12,17H,3-4,13-15,23H2,1H3/t17-/m1/s1. The van der Waals surface area contributed by atoms with Gasteiger partial charge < -0.3 is 5.73 Å². The molecule has 134 valence electrons. The van der Waals surface area contributed by atoms with E-state index in [-0.39, 0.29) is 0 Å². The Labute approximate surface area is 159 Å². The molecule has 1 aliphatic heterocycles. The van der Waals surface area contributed by atoms with Gasteiger partial charge in [-0.2, -0.15) is 0 Å². The molecule has 1 fully saturated rings. The molecular weight excluding hydrogens is 338 g/mol. The summed E-state index contributed by atoms with van der Waals surface area (Å²) in [4.78, 5) is 8.64. The molecule has 1 atom stereocenters. The molecule has 1 saturated heterocycles. The Morgan fingerprint density at radius 3 is 2.77 bits per heavy atom. The lowest BCUT2D eigenvalue weighted by Gasteiger charge is -2.33. The summed E-state index contributed by atoms with van der Waals surface area (Å²) in [6.07, 6.45) is 6.44. The molecule has 0 saturated carbocycles. The molecule has 0 unspecified atom stereocenters. The summed E-state index contributed by atoms with van der Waals surface area (Å²) in [5.74, 6) is 0.472. The average molecular weight is 364 g/mol. The molecule has 0 amide bonds. The molecule has 2 aromatic carbocycles. The van der Waals surface area contributed by atoms with Gasteiger partial charge in [0.25, 0.3) is 0 Å². The summed E-state index contributed by atoms with van der Waals surface area (Å²) in [6.45, 7) is 3.23. The largest absolute Gasteiger partial charge is 0.398 e. The van der Waals surface area contributed by atoms with E-state index >= 15 is 0 Å². The van der Waals surface area contributed by atoms with Crippen molar-refractivity contribution >= 4 is 28.2 Å². The topological polar surface area (TPSA) is 42.2 Å². The first-order chi connectivity index (χ1) is 12.7. The average Bonchev–Trinajstić information content (AvgIpc) is 2.69. The van der Waals surface area contributed by atoms with Gasteiger partial charge >= 0.3 is 0 Å². The maximum Gasteiger partial charge on any atom is 0.0526 e. The number of nitrogen functional groups attached to an aromatic ring is 1. The van der Waals surface area contributed by atoms with Crippen LogP contribution in [0.3, 0.4) is 0 Å². The van der Waals surface area contributed by atoms with Crippen LogP contribution >= 0.6 is 11.8 Å². The van der Waals surface area contributed by atoms with E-state index in [1.54, 1.807) is 11.8 Å². The van der Waals surface area contributed by atoms with E-state index < -0.39 is 0 Å². The number of nitrogens with two attached hydrogens (primary N) is 1. The fourth-order valence-corrected chi connectivity index (χ4v) is 4.40. The van der Waals surface area contributed by atoms with Crippen molar-refractivity contribution in [3.63, 3.8) is 0 Å². The fraction of sp³-hybridized carbons (Fsp3) is 0.318. The van der Waals surface area contributed by atoms with Gasteiger partial charge in [-0.3, -0.25) is 9.88 Å². The molecule has 3 nitrogen and oxygen atoms in total. The van der Waals surface area contributed by atoms with Gasteiger partial charge in [0, 0.05) is 46.6 Å². The first-order valence-electron chi connectivity index (χ1n) is 9.23. The van der Waals surface area contributed by atoms with Crippen molar-refractivity contribution in [3.05, 3.63) is 66.0 Å². The van der Waals surface area contributed by atoms with Gasteiger partial charge in [-0.1, -0.05) is 24.3 Å². The molecule has 26 heavy (non-hydrogen) atoms. The number of benzene rings is 2. The van der Waals surface area contributed by atoms with E-state index in [4.69, 9.17) is 10.7 Å².